The average molecular weight is 484 g/mol. The summed E-state index contributed by atoms with van der Waals surface area (Å²) in [7, 11) is 0. The molecule has 0 aliphatic rings. The maximum atomic E-state index is 13.4. The fraction of sp³-hybridized carbons (Fsp3) is 0.250. The Morgan fingerprint density at radius 3 is 2.47 bits per heavy atom. The summed E-state index contributed by atoms with van der Waals surface area (Å²) in [6, 6.07) is 18.9. The second-order valence-corrected chi connectivity index (χ2v) is 8.41. The summed E-state index contributed by atoms with van der Waals surface area (Å²) in [6.07, 6.45) is 3.81. The van der Waals surface area contributed by atoms with Crippen LogP contribution in [0, 0.1) is 18.3 Å². The summed E-state index contributed by atoms with van der Waals surface area (Å²) in [6.45, 7) is 6.06. The number of hydrogen-bond acceptors (Lipinski definition) is 6. The molecule has 8 nitrogen and oxygen atoms in total. The number of para-hydroxylation sites is 1. The third kappa shape index (κ3) is 4.88. The predicted octanol–water partition coefficient (Wildman–Crippen LogP) is 5.28. The largest absolute Gasteiger partial charge is 0.457 e. The highest BCUT2D eigenvalue weighted by atomic mass is 16.5. The number of amides is 1. The number of rotatable bonds is 9. The zero-order chi connectivity index (χ0) is 25.7. The van der Waals surface area contributed by atoms with Gasteiger partial charge in [-0.25, -0.2) is 4.52 Å². The van der Waals surface area contributed by atoms with E-state index >= 15 is 0 Å². The number of aliphatic hydroxyl groups is 1. The van der Waals surface area contributed by atoms with E-state index < -0.39 is 0 Å². The molecule has 2 heterocycles. The van der Waals surface area contributed by atoms with Gasteiger partial charge in [0.05, 0.1) is 41.2 Å². The second kappa shape index (κ2) is 10.9. The van der Waals surface area contributed by atoms with Gasteiger partial charge in [0, 0.05) is 18.4 Å². The zero-order valence-electron chi connectivity index (χ0n) is 20.6. The van der Waals surface area contributed by atoms with Gasteiger partial charge in [0.2, 0.25) is 0 Å². The lowest BCUT2D eigenvalue weighted by Gasteiger charge is -2.28. The molecule has 0 fully saturated rings. The van der Waals surface area contributed by atoms with Crippen molar-refractivity contribution < 1.29 is 14.6 Å². The minimum atomic E-state index is -0.262. The van der Waals surface area contributed by atoms with Crippen LogP contribution in [0.25, 0.3) is 5.52 Å². The smallest absolute Gasteiger partial charge is 0.256 e. The molecule has 4 rings (SSSR count). The van der Waals surface area contributed by atoms with E-state index in [0.29, 0.717) is 46.6 Å². The first-order chi connectivity index (χ1) is 17.5. The fourth-order valence-electron chi connectivity index (χ4n) is 4.26. The van der Waals surface area contributed by atoms with Crippen molar-refractivity contribution in [3.8, 4) is 17.6 Å². The molecule has 4 aromatic rings. The van der Waals surface area contributed by atoms with E-state index in [2.05, 4.69) is 16.5 Å². The molecule has 0 aliphatic carbocycles. The van der Waals surface area contributed by atoms with Crippen molar-refractivity contribution in [2.75, 3.05) is 18.5 Å². The van der Waals surface area contributed by atoms with Gasteiger partial charge in [-0.15, -0.1) is 0 Å². The monoisotopic (exact) mass is 483 g/mol. The van der Waals surface area contributed by atoms with E-state index in [-0.39, 0.29) is 18.6 Å². The fourth-order valence-corrected chi connectivity index (χ4v) is 4.26. The molecule has 8 heteroatoms. The van der Waals surface area contributed by atoms with Crippen LogP contribution in [-0.4, -0.2) is 44.7 Å². The van der Waals surface area contributed by atoms with Gasteiger partial charge in [-0.2, -0.15) is 10.4 Å². The van der Waals surface area contributed by atoms with Gasteiger partial charge in [-0.1, -0.05) is 25.1 Å². The Hall–Kier alpha value is -4.35. The number of benzene rings is 2. The Morgan fingerprint density at radius 2 is 1.86 bits per heavy atom. The van der Waals surface area contributed by atoms with Gasteiger partial charge in [0.1, 0.15) is 17.6 Å². The molecule has 2 aromatic carbocycles. The summed E-state index contributed by atoms with van der Waals surface area (Å²) in [5.74, 6) is 1.26. The van der Waals surface area contributed by atoms with Gasteiger partial charge in [-0.05, 0) is 62.2 Å². The lowest BCUT2D eigenvalue weighted by molar-refractivity contribution is 0.0600. The minimum Gasteiger partial charge on any atom is -0.457 e. The number of fused-ring (bicyclic) bond motifs is 1. The molecule has 2 aromatic heterocycles. The number of aliphatic hydroxyl groups excluding tert-OH is 1. The quantitative estimate of drug-likeness (QED) is 0.336. The summed E-state index contributed by atoms with van der Waals surface area (Å²) in [5, 5.41) is 27.2. The van der Waals surface area contributed by atoms with Crippen molar-refractivity contribution in [1.29, 1.82) is 5.26 Å². The summed E-state index contributed by atoms with van der Waals surface area (Å²) < 4.78 is 7.48. The molecule has 36 heavy (non-hydrogen) atoms. The molecule has 0 radical (unpaired) electrons. The Morgan fingerprint density at radius 1 is 1.17 bits per heavy atom. The Kier molecular flexibility index (Phi) is 7.52. The third-order valence-corrected chi connectivity index (χ3v) is 6.23. The molecule has 0 spiro atoms. The average Bonchev–Trinajstić information content (AvgIpc) is 3.25. The Labute approximate surface area is 210 Å². The van der Waals surface area contributed by atoms with Crippen LogP contribution in [0.5, 0.6) is 11.5 Å². The number of nitriles is 1. The number of carbonyl (C=O) groups excluding carboxylic acids is 1. The SMILES string of the molecule is CC[C@@H](CO)N(CC)C(=O)c1cn2ncc(C#N)c(Nc3ccc(Oc4ccccc4)cc3)c2c1C. The maximum Gasteiger partial charge on any atom is 0.256 e. The molecule has 1 atom stereocenters. The molecule has 0 unspecified atom stereocenters. The van der Waals surface area contributed by atoms with E-state index in [4.69, 9.17) is 4.74 Å². The molecule has 0 bridgehead atoms. The number of anilines is 2. The third-order valence-electron chi connectivity index (χ3n) is 6.23. The van der Waals surface area contributed by atoms with E-state index in [1.807, 2.05) is 75.4 Å². The van der Waals surface area contributed by atoms with Gasteiger partial charge in [0.25, 0.3) is 5.91 Å². The summed E-state index contributed by atoms with van der Waals surface area (Å²) in [4.78, 5) is 15.1. The number of likely N-dealkylation sites (N-methyl/N-ethyl adjacent to an activating group) is 1. The normalized spacial score (nSPS) is 11.6. The predicted molar refractivity (Wildman–Crippen MR) is 139 cm³/mol. The number of nitrogens with one attached hydrogen (secondary N) is 1. The van der Waals surface area contributed by atoms with E-state index in [0.717, 1.165) is 11.4 Å². The van der Waals surface area contributed by atoms with Crippen LogP contribution in [0.4, 0.5) is 11.4 Å². The van der Waals surface area contributed by atoms with Crippen molar-refractivity contribution in [1.82, 2.24) is 14.5 Å². The van der Waals surface area contributed by atoms with Crippen molar-refractivity contribution in [3.63, 3.8) is 0 Å². The van der Waals surface area contributed by atoms with E-state index in [9.17, 15) is 15.2 Å². The van der Waals surface area contributed by atoms with Gasteiger partial charge >= 0.3 is 0 Å². The number of carbonyl (C=O) groups is 1. The van der Waals surface area contributed by atoms with Crippen LogP contribution >= 0.6 is 0 Å². The highest BCUT2D eigenvalue weighted by molar-refractivity contribution is 6.00. The lowest BCUT2D eigenvalue weighted by Crippen LogP contribution is -2.42. The van der Waals surface area contributed by atoms with Crippen LogP contribution in [0.15, 0.2) is 67.0 Å². The van der Waals surface area contributed by atoms with Gasteiger partial charge in [-0.3, -0.25) is 4.79 Å². The van der Waals surface area contributed by atoms with Crippen LogP contribution in [-0.2, 0) is 0 Å². The van der Waals surface area contributed by atoms with Crippen LogP contribution < -0.4 is 10.1 Å². The maximum absolute atomic E-state index is 13.4. The Bertz CT molecular complexity index is 1390. The summed E-state index contributed by atoms with van der Waals surface area (Å²) >= 11 is 0. The molecule has 2 N–H and O–H groups in total. The van der Waals surface area contributed by atoms with Crippen molar-refractivity contribution in [3.05, 3.63) is 83.7 Å². The first-order valence-corrected chi connectivity index (χ1v) is 11.9. The zero-order valence-corrected chi connectivity index (χ0v) is 20.6. The second-order valence-electron chi connectivity index (χ2n) is 8.41. The first kappa shape index (κ1) is 24.8. The topological polar surface area (TPSA) is 103 Å². The van der Waals surface area contributed by atoms with Crippen molar-refractivity contribution in [2.45, 2.75) is 33.2 Å². The van der Waals surface area contributed by atoms with Crippen molar-refractivity contribution in [2.24, 2.45) is 0 Å². The number of nitrogens with zero attached hydrogens (tertiary/aromatic N) is 4. The number of hydrogen-bond donors (Lipinski definition) is 2. The van der Waals surface area contributed by atoms with Crippen LogP contribution in [0.3, 0.4) is 0 Å². The number of ether oxygens (including phenoxy) is 1. The minimum absolute atomic E-state index is 0.101. The number of aryl methyl sites for hydroxylation is 1. The molecule has 0 aliphatic heterocycles. The highest BCUT2D eigenvalue weighted by Gasteiger charge is 2.26. The standard InChI is InChI=1S/C28H29N5O3/c1-4-22(18-34)32(5-2)28(35)25-17-33-27(19(25)3)26(20(15-29)16-30-33)31-21-11-13-24(14-12-21)36-23-9-7-6-8-10-23/h6-14,16-17,22,31,34H,4-5,18H2,1-3H3/t22-/m0/s1. The first-order valence-electron chi connectivity index (χ1n) is 11.9. The molecule has 1 amide bonds. The Balaban J connectivity index is 1.68. The molecular formula is C28H29N5O3. The number of aromatic nitrogens is 2. The molecule has 184 valence electrons. The van der Waals surface area contributed by atoms with Gasteiger partial charge < -0.3 is 20.1 Å². The molecular weight excluding hydrogens is 454 g/mol. The van der Waals surface area contributed by atoms with Crippen LogP contribution in [0.2, 0.25) is 0 Å². The van der Waals surface area contributed by atoms with E-state index in [1.54, 1.807) is 15.6 Å². The van der Waals surface area contributed by atoms with Crippen LogP contribution in [0.1, 0.15) is 41.8 Å². The summed E-state index contributed by atoms with van der Waals surface area (Å²) in [5.41, 5.74) is 3.54. The lowest BCUT2D eigenvalue weighted by atomic mass is 10.1. The molecule has 0 saturated heterocycles. The molecule has 0 saturated carbocycles. The van der Waals surface area contributed by atoms with E-state index in [1.165, 1.54) is 6.20 Å². The highest BCUT2D eigenvalue weighted by Crippen LogP contribution is 2.32. The van der Waals surface area contributed by atoms with Crippen molar-refractivity contribution >= 4 is 22.8 Å². The van der Waals surface area contributed by atoms with Gasteiger partial charge in [0.15, 0.2) is 0 Å².